The average Bonchev–Trinajstić information content (AvgIpc) is 2.77. The highest BCUT2D eigenvalue weighted by molar-refractivity contribution is 7.11. The monoisotopic (exact) mass is 250 g/mol. The van der Waals surface area contributed by atoms with Crippen molar-refractivity contribution in [2.45, 2.75) is 13.5 Å². The molecule has 2 aromatic heterocycles. The number of aryl methyl sites for hydroxylation is 1. The number of nitrogens with zero attached hydrogens (tertiary/aromatic N) is 2. The van der Waals surface area contributed by atoms with Gasteiger partial charge in [-0.1, -0.05) is 0 Å². The smallest absolute Gasteiger partial charge is 0.365 e. The number of ether oxygens (including phenoxy) is 1. The average molecular weight is 250 g/mol. The molecule has 0 radical (unpaired) electrons. The third-order valence-electron chi connectivity index (χ3n) is 2.01. The number of carbonyl (C=O) groups is 1. The summed E-state index contributed by atoms with van der Waals surface area (Å²) in [5.41, 5.74) is 1.52. The fraction of sp³-hybridized carbons (Fsp3) is 0.182. The predicted molar refractivity (Wildman–Crippen MR) is 62.4 cm³/mol. The first-order valence-electron chi connectivity index (χ1n) is 4.88. The largest absolute Gasteiger partial charge is 0.486 e. The summed E-state index contributed by atoms with van der Waals surface area (Å²) in [6.45, 7) is 2.14. The van der Waals surface area contributed by atoms with Crippen LogP contribution in [0.1, 0.15) is 21.2 Å². The van der Waals surface area contributed by atoms with Gasteiger partial charge < -0.3 is 9.84 Å². The quantitative estimate of drug-likeness (QED) is 0.899. The van der Waals surface area contributed by atoms with Crippen LogP contribution >= 0.6 is 11.3 Å². The number of hydrogen-bond acceptors (Lipinski definition) is 5. The molecule has 2 rings (SSSR count). The van der Waals surface area contributed by atoms with Crippen LogP contribution in [0.15, 0.2) is 23.7 Å². The fourth-order valence-corrected chi connectivity index (χ4v) is 1.81. The zero-order valence-electron chi connectivity index (χ0n) is 9.08. The molecule has 0 unspecified atom stereocenters. The van der Waals surface area contributed by atoms with Crippen LogP contribution in [0.2, 0.25) is 0 Å². The van der Waals surface area contributed by atoms with E-state index in [-0.39, 0.29) is 11.6 Å². The van der Waals surface area contributed by atoms with Crippen molar-refractivity contribution in [3.05, 3.63) is 40.1 Å². The lowest BCUT2D eigenvalue weighted by atomic mass is 10.4. The Hall–Kier alpha value is -1.95. The lowest BCUT2D eigenvalue weighted by Crippen LogP contribution is -1.99. The van der Waals surface area contributed by atoms with E-state index >= 15 is 0 Å². The summed E-state index contributed by atoms with van der Waals surface area (Å²) in [5, 5.41) is 10.5. The van der Waals surface area contributed by atoms with Gasteiger partial charge in [0.25, 0.3) is 0 Å². The van der Waals surface area contributed by atoms with E-state index in [1.54, 1.807) is 11.6 Å². The van der Waals surface area contributed by atoms with Gasteiger partial charge in [0.15, 0.2) is 0 Å². The number of aromatic carboxylic acids is 1. The number of hydrogen-bond donors (Lipinski definition) is 1. The molecule has 0 saturated heterocycles. The summed E-state index contributed by atoms with van der Waals surface area (Å²) in [4.78, 5) is 18.6. The van der Waals surface area contributed by atoms with Crippen molar-refractivity contribution in [1.29, 1.82) is 0 Å². The fourth-order valence-electron chi connectivity index (χ4n) is 1.17. The van der Waals surface area contributed by atoms with Crippen molar-refractivity contribution < 1.29 is 14.6 Å². The van der Waals surface area contributed by atoms with Crippen molar-refractivity contribution in [3.8, 4) is 5.75 Å². The maximum Gasteiger partial charge on any atom is 0.365 e. The second kappa shape index (κ2) is 4.92. The van der Waals surface area contributed by atoms with E-state index in [0.29, 0.717) is 11.4 Å². The van der Waals surface area contributed by atoms with Crippen LogP contribution in [0.3, 0.4) is 0 Å². The zero-order chi connectivity index (χ0) is 12.3. The van der Waals surface area contributed by atoms with Gasteiger partial charge in [0.2, 0.25) is 5.01 Å². The molecule has 0 bridgehead atoms. The Morgan fingerprint density at radius 2 is 2.35 bits per heavy atom. The van der Waals surface area contributed by atoms with Crippen LogP contribution in [0.4, 0.5) is 0 Å². The predicted octanol–water partition coefficient (Wildman–Crippen LogP) is 2.12. The van der Waals surface area contributed by atoms with Gasteiger partial charge >= 0.3 is 5.97 Å². The summed E-state index contributed by atoms with van der Waals surface area (Å²) >= 11 is 1.09. The first-order valence-corrected chi connectivity index (χ1v) is 5.76. The maximum atomic E-state index is 10.6. The topological polar surface area (TPSA) is 72.3 Å². The molecular weight excluding hydrogens is 240 g/mol. The van der Waals surface area contributed by atoms with Gasteiger partial charge in [-0.15, -0.1) is 11.3 Å². The van der Waals surface area contributed by atoms with E-state index < -0.39 is 5.97 Å². The van der Waals surface area contributed by atoms with Crippen LogP contribution in [-0.2, 0) is 6.61 Å². The molecule has 88 valence electrons. The first-order chi connectivity index (χ1) is 8.15. The lowest BCUT2D eigenvalue weighted by Gasteiger charge is -2.03. The molecule has 0 aliphatic heterocycles. The number of thiazole rings is 1. The third kappa shape index (κ3) is 3.01. The van der Waals surface area contributed by atoms with E-state index in [1.165, 1.54) is 0 Å². The molecule has 1 N–H and O–H groups in total. The highest BCUT2D eigenvalue weighted by Gasteiger charge is 2.09. The molecule has 0 saturated carbocycles. The Morgan fingerprint density at radius 3 is 2.94 bits per heavy atom. The standard InChI is InChI=1S/C11H10N2O3S/c1-7-2-3-9(4-12-7)16-5-8-6-17-10(13-8)11(14)15/h2-4,6H,5H2,1H3,(H,14,15). The molecule has 17 heavy (non-hydrogen) atoms. The van der Waals surface area contributed by atoms with Gasteiger partial charge in [0.1, 0.15) is 12.4 Å². The highest BCUT2D eigenvalue weighted by atomic mass is 32.1. The Labute approximate surface area is 102 Å². The van der Waals surface area contributed by atoms with Gasteiger partial charge in [-0.3, -0.25) is 4.98 Å². The van der Waals surface area contributed by atoms with Gasteiger partial charge in [0.05, 0.1) is 11.9 Å². The number of rotatable bonds is 4. The normalized spacial score (nSPS) is 10.2. The summed E-state index contributed by atoms with van der Waals surface area (Å²) in [6.07, 6.45) is 1.62. The number of carboxylic acids is 1. The van der Waals surface area contributed by atoms with Crippen LogP contribution in [0.25, 0.3) is 0 Å². The summed E-state index contributed by atoms with van der Waals surface area (Å²) in [5.74, 6) is -0.376. The van der Waals surface area contributed by atoms with Crippen LogP contribution < -0.4 is 4.74 Å². The molecule has 6 heteroatoms. The molecule has 0 aromatic carbocycles. The minimum Gasteiger partial charge on any atom is -0.486 e. The van der Waals surface area contributed by atoms with Gasteiger partial charge in [0, 0.05) is 11.1 Å². The van der Waals surface area contributed by atoms with Crippen LogP contribution in [0.5, 0.6) is 5.75 Å². The summed E-state index contributed by atoms with van der Waals surface area (Å²) in [7, 11) is 0. The number of aromatic nitrogens is 2. The molecule has 0 fully saturated rings. The second-order valence-corrected chi connectivity index (χ2v) is 4.23. The number of carboxylic acid groups (broad SMARTS) is 1. The van der Waals surface area contributed by atoms with E-state index in [0.717, 1.165) is 17.0 Å². The maximum absolute atomic E-state index is 10.6. The SMILES string of the molecule is Cc1ccc(OCc2csc(C(=O)O)n2)cn1. The first kappa shape index (κ1) is 11.5. The van der Waals surface area contributed by atoms with Crippen molar-refractivity contribution >= 4 is 17.3 Å². The number of pyridine rings is 1. The summed E-state index contributed by atoms with van der Waals surface area (Å²) < 4.78 is 5.43. The van der Waals surface area contributed by atoms with E-state index in [2.05, 4.69) is 9.97 Å². The van der Waals surface area contributed by atoms with Gasteiger partial charge in [-0.2, -0.15) is 0 Å². The zero-order valence-corrected chi connectivity index (χ0v) is 9.90. The lowest BCUT2D eigenvalue weighted by molar-refractivity contribution is 0.0696. The van der Waals surface area contributed by atoms with Crippen molar-refractivity contribution in [1.82, 2.24) is 9.97 Å². The molecule has 2 aromatic rings. The Bertz CT molecular complexity index is 522. The molecule has 0 atom stereocenters. The second-order valence-electron chi connectivity index (χ2n) is 3.37. The minimum atomic E-state index is -1.02. The van der Waals surface area contributed by atoms with Gasteiger partial charge in [-0.05, 0) is 19.1 Å². The molecule has 0 amide bonds. The Kier molecular flexibility index (Phi) is 3.34. The molecular formula is C11H10N2O3S. The Balaban J connectivity index is 1.97. The molecule has 0 spiro atoms. The summed E-state index contributed by atoms with van der Waals surface area (Å²) in [6, 6.07) is 3.66. The molecule has 0 aliphatic rings. The highest BCUT2D eigenvalue weighted by Crippen LogP contribution is 2.14. The molecule has 2 heterocycles. The molecule has 0 aliphatic carbocycles. The van der Waals surface area contributed by atoms with Crippen LogP contribution in [-0.4, -0.2) is 21.0 Å². The third-order valence-corrected chi connectivity index (χ3v) is 2.88. The van der Waals surface area contributed by atoms with Gasteiger partial charge in [-0.25, -0.2) is 9.78 Å². The minimum absolute atomic E-state index is 0.0747. The van der Waals surface area contributed by atoms with Crippen molar-refractivity contribution in [2.24, 2.45) is 0 Å². The molecule has 5 nitrogen and oxygen atoms in total. The van der Waals surface area contributed by atoms with Crippen molar-refractivity contribution in [3.63, 3.8) is 0 Å². The Morgan fingerprint density at radius 1 is 1.53 bits per heavy atom. The van der Waals surface area contributed by atoms with E-state index in [4.69, 9.17) is 9.84 Å². The van der Waals surface area contributed by atoms with Crippen molar-refractivity contribution in [2.75, 3.05) is 0 Å². The van der Waals surface area contributed by atoms with E-state index in [9.17, 15) is 4.79 Å². The van der Waals surface area contributed by atoms with Crippen LogP contribution in [0, 0.1) is 6.92 Å². The van der Waals surface area contributed by atoms with E-state index in [1.807, 2.05) is 19.1 Å².